The van der Waals surface area contributed by atoms with E-state index in [9.17, 15) is 14.0 Å². The Bertz CT molecular complexity index is 843. The SMILES string of the molecule is Cc1cccc(CSCC(=O)N2CCCN(C(=O)c3ccccc3F)CC2)c1. The van der Waals surface area contributed by atoms with Crippen LogP contribution in [0.3, 0.4) is 0 Å². The lowest BCUT2D eigenvalue weighted by atomic mass is 10.2. The molecule has 2 aromatic carbocycles. The van der Waals surface area contributed by atoms with Crippen molar-refractivity contribution in [2.45, 2.75) is 19.1 Å². The van der Waals surface area contributed by atoms with Crippen molar-refractivity contribution in [1.29, 1.82) is 0 Å². The van der Waals surface area contributed by atoms with Crippen molar-refractivity contribution in [1.82, 2.24) is 9.80 Å². The minimum Gasteiger partial charge on any atom is -0.340 e. The topological polar surface area (TPSA) is 40.6 Å². The van der Waals surface area contributed by atoms with Gasteiger partial charge in [-0.3, -0.25) is 9.59 Å². The molecule has 1 heterocycles. The van der Waals surface area contributed by atoms with Crippen LogP contribution in [0.15, 0.2) is 48.5 Å². The third kappa shape index (κ3) is 5.35. The smallest absolute Gasteiger partial charge is 0.256 e. The second kappa shape index (κ2) is 9.73. The van der Waals surface area contributed by atoms with Gasteiger partial charge in [-0.2, -0.15) is 0 Å². The number of nitrogens with zero attached hydrogens (tertiary/aromatic N) is 2. The van der Waals surface area contributed by atoms with Crippen LogP contribution in [-0.4, -0.2) is 53.5 Å². The molecule has 1 saturated heterocycles. The normalized spacial score (nSPS) is 14.6. The van der Waals surface area contributed by atoms with E-state index in [1.165, 1.54) is 23.3 Å². The first-order chi connectivity index (χ1) is 13.5. The van der Waals surface area contributed by atoms with Gasteiger partial charge in [-0.25, -0.2) is 4.39 Å². The average Bonchev–Trinajstić information content (AvgIpc) is 2.94. The molecule has 0 spiro atoms. The number of carbonyl (C=O) groups excluding carboxylic acids is 2. The number of hydrogen-bond donors (Lipinski definition) is 0. The first-order valence-corrected chi connectivity index (χ1v) is 10.6. The highest BCUT2D eigenvalue weighted by molar-refractivity contribution is 7.99. The molecular formula is C22H25FN2O2S. The summed E-state index contributed by atoms with van der Waals surface area (Å²) < 4.78 is 13.9. The van der Waals surface area contributed by atoms with E-state index in [1.807, 2.05) is 11.0 Å². The highest BCUT2D eigenvalue weighted by atomic mass is 32.2. The van der Waals surface area contributed by atoms with Crippen molar-refractivity contribution in [3.05, 3.63) is 71.0 Å². The monoisotopic (exact) mass is 400 g/mol. The van der Waals surface area contributed by atoms with Gasteiger partial charge in [0.2, 0.25) is 5.91 Å². The number of hydrogen-bond acceptors (Lipinski definition) is 3. The third-order valence-corrected chi connectivity index (χ3v) is 5.81. The molecule has 6 heteroatoms. The van der Waals surface area contributed by atoms with E-state index in [0.717, 1.165) is 5.75 Å². The van der Waals surface area contributed by atoms with Crippen LogP contribution in [0.2, 0.25) is 0 Å². The third-order valence-electron chi connectivity index (χ3n) is 4.82. The van der Waals surface area contributed by atoms with Gasteiger partial charge in [0.1, 0.15) is 5.82 Å². The molecule has 0 bridgehead atoms. The van der Waals surface area contributed by atoms with Gasteiger partial charge in [0, 0.05) is 31.9 Å². The average molecular weight is 401 g/mol. The number of thioether (sulfide) groups is 1. The van der Waals surface area contributed by atoms with Crippen LogP contribution in [-0.2, 0) is 10.5 Å². The number of carbonyl (C=O) groups is 2. The molecule has 4 nitrogen and oxygen atoms in total. The van der Waals surface area contributed by atoms with Gasteiger partial charge >= 0.3 is 0 Å². The van der Waals surface area contributed by atoms with E-state index in [1.54, 1.807) is 28.8 Å². The molecule has 0 aromatic heterocycles. The van der Waals surface area contributed by atoms with Gasteiger partial charge in [0.05, 0.1) is 11.3 Å². The van der Waals surface area contributed by atoms with Crippen molar-refractivity contribution in [3.8, 4) is 0 Å². The van der Waals surface area contributed by atoms with Crippen molar-refractivity contribution < 1.29 is 14.0 Å². The second-order valence-electron chi connectivity index (χ2n) is 6.99. The lowest BCUT2D eigenvalue weighted by Gasteiger charge is -2.22. The summed E-state index contributed by atoms with van der Waals surface area (Å²) >= 11 is 1.61. The second-order valence-corrected chi connectivity index (χ2v) is 7.97. The summed E-state index contributed by atoms with van der Waals surface area (Å²) in [5, 5.41) is 0. The zero-order valence-electron chi connectivity index (χ0n) is 16.1. The zero-order chi connectivity index (χ0) is 19.9. The molecule has 1 aliphatic heterocycles. The summed E-state index contributed by atoms with van der Waals surface area (Å²) in [4.78, 5) is 28.6. The first-order valence-electron chi connectivity index (χ1n) is 9.49. The summed E-state index contributed by atoms with van der Waals surface area (Å²) in [6, 6.07) is 14.3. The summed E-state index contributed by atoms with van der Waals surface area (Å²) in [5.74, 6) is 0.519. The van der Waals surface area contributed by atoms with Crippen LogP contribution in [0.1, 0.15) is 27.9 Å². The van der Waals surface area contributed by atoms with E-state index in [0.29, 0.717) is 38.4 Å². The molecule has 2 amide bonds. The Morgan fingerprint density at radius 3 is 2.54 bits per heavy atom. The van der Waals surface area contributed by atoms with Crippen LogP contribution in [0.25, 0.3) is 0 Å². The number of benzene rings is 2. The van der Waals surface area contributed by atoms with Crippen molar-refractivity contribution in [3.63, 3.8) is 0 Å². The Kier molecular flexibility index (Phi) is 7.09. The molecular weight excluding hydrogens is 375 g/mol. The van der Waals surface area contributed by atoms with Gasteiger partial charge in [-0.1, -0.05) is 42.0 Å². The molecule has 28 heavy (non-hydrogen) atoms. The molecule has 0 radical (unpaired) electrons. The van der Waals surface area contributed by atoms with Gasteiger partial charge < -0.3 is 9.80 Å². The fourth-order valence-electron chi connectivity index (χ4n) is 3.32. The highest BCUT2D eigenvalue weighted by Crippen LogP contribution is 2.16. The number of aryl methyl sites for hydroxylation is 1. The van der Waals surface area contributed by atoms with Gasteiger partial charge in [0.25, 0.3) is 5.91 Å². The predicted octanol–water partition coefficient (Wildman–Crippen LogP) is 3.74. The summed E-state index contributed by atoms with van der Waals surface area (Å²) in [5.41, 5.74) is 2.53. The summed E-state index contributed by atoms with van der Waals surface area (Å²) in [6.07, 6.45) is 0.703. The molecule has 0 unspecified atom stereocenters. The summed E-state index contributed by atoms with van der Waals surface area (Å²) in [6.45, 7) is 4.15. The van der Waals surface area contributed by atoms with Gasteiger partial charge in [-0.15, -0.1) is 11.8 Å². The van der Waals surface area contributed by atoms with Gasteiger partial charge in [-0.05, 0) is 31.0 Å². The maximum absolute atomic E-state index is 13.9. The molecule has 0 atom stereocenters. The number of rotatable bonds is 5. The van der Waals surface area contributed by atoms with Crippen LogP contribution in [0.5, 0.6) is 0 Å². The number of amides is 2. The van der Waals surface area contributed by atoms with E-state index < -0.39 is 5.82 Å². The van der Waals surface area contributed by atoms with E-state index in [-0.39, 0.29) is 17.4 Å². The van der Waals surface area contributed by atoms with Gasteiger partial charge in [0.15, 0.2) is 0 Å². The maximum atomic E-state index is 13.9. The summed E-state index contributed by atoms with van der Waals surface area (Å²) in [7, 11) is 0. The fraction of sp³-hybridized carbons (Fsp3) is 0.364. The van der Waals surface area contributed by atoms with Crippen molar-refractivity contribution in [2.24, 2.45) is 0 Å². The molecule has 3 rings (SSSR count). The van der Waals surface area contributed by atoms with Crippen LogP contribution < -0.4 is 0 Å². The quantitative estimate of drug-likeness (QED) is 0.768. The molecule has 0 saturated carbocycles. The van der Waals surface area contributed by atoms with E-state index >= 15 is 0 Å². The Hall–Kier alpha value is -2.34. The molecule has 148 valence electrons. The lowest BCUT2D eigenvalue weighted by Crippen LogP contribution is -2.38. The standard InChI is InChI=1S/C22H25FN2O2S/c1-17-6-4-7-18(14-17)15-28-16-21(26)24-10-5-11-25(13-12-24)22(27)19-8-2-3-9-20(19)23/h2-4,6-9,14H,5,10-13,15-16H2,1H3. The van der Waals surface area contributed by atoms with Crippen LogP contribution >= 0.6 is 11.8 Å². The molecule has 0 aliphatic carbocycles. The largest absolute Gasteiger partial charge is 0.340 e. The van der Waals surface area contributed by atoms with Crippen molar-refractivity contribution >= 4 is 23.6 Å². The Morgan fingerprint density at radius 1 is 1.00 bits per heavy atom. The molecule has 2 aromatic rings. The van der Waals surface area contributed by atoms with E-state index in [2.05, 4.69) is 25.1 Å². The van der Waals surface area contributed by atoms with Crippen LogP contribution in [0, 0.1) is 12.7 Å². The lowest BCUT2D eigenvalue weighted by molar-refractivity contribution is -0.128. The molecule has 0 N–H and O–H groups in total. The maximum Gasteiger partial charge on any atom is 0.256 e. The predicted molar refractivity (Wildman–Crippen MR) is 111 cm³/mol. The minimum absolute atomic E-state index is 0.0935. The molecule has 1 aliphatic rings. The minimum atomic E-state index is -0.503. The zero-order valence-corrected chi connectivity index (χ0v) is 16.9. The van der Waals surface area contributed by atoms with Crippen molar-refractivity contribution in [2.75, 3.05) is 31.9 Å². The highest BCUT2D eigenvalue weighted by Gasteiger charge is 2.24. The Morgan fingerprint density at radius 2 is 1.75 bits per heavy atom. The first kappa shape index (κ1) is 20.4. The van der Waals surface area contributed by atoms with Crippen LogP contribution in [0.4, 0.5) is 4.39 Å². The molecule has 1 fully saturated rings. The number of halogens is 1. The fourth-order valence-corrected chi connectivity index (χ4v) is 4.20. The Balaban J connectivity index is 1.49. The Labute approximate surface area is 169 Å². The van der Waals surface area contributed by atoms with E-state index in [4.69, 9.17) is 0 Å².